The van der Waals surface area contributed by atoms with E-state index >= 15 is 0 Å². The first-order valence-electron chi connectivity index (χ1n) is 9.57. The molecule has 7 heteroatoms. The minimum Gasteiger partial charge on any atom is -0.349 e. The van der Waals surface area contributed by atoms with E-state index in [4.69, 9.17) is 0 Å². The Balaban J connectivity index is 1.36. The maximum Gasteiger partial charge on any atom is 0.259 e. The fourth-order valence-electron chi connectivity index (χ4n) is 3.63. The Bertz CT molecular complexity index is 1040. The predicted octanol–water partition coefficient (Wildman–Crippen LogP) is 3.97. The number of rotatable bonds is 6. The van der Waals surface area contributed by atoms with Gasteiger partial charge in [-0.3, -0.25) is 9.59 Å². The van der Waals surface area contributed by atoms with Crippen molar-refractivity contribution < 1.29 is 4.79 Å². The van der Waals surface area contributed by atoms with Crippen LogP contribution in [0.15, 0.2) is 35.1 Å². The van der Waals surface area contributed by atoms with Crippen LogP contribution in [0.2, 0.25) is 0 Å². The van der Waals surface area contributed by atoms with E-state index in [0.717, 1.165) is 35.0 Å². The molecule has 2 N–H and O–H groups in total. The Morgan fingerprint density at radius 3 is 2.89 bits per heavy atom. The zero-order chi connectivity index (χ0) is 19.5. The number of nitrogens with zero attached hydrogens (tertiary/aromatic N) is 1. The Labute approximate surface area is 172 Å². The minimum absolute atomic E-state index is 0.0173. The van der Waals surface area contributed by atoms with Crippen LogP contribution in [0.1, 0.15) is 47.6 Å². The van der Waals surface area contributed by atoms with Crippen LogP contribution in [0, 0.1) is 0 Å². The average molecular weight is 414 g/mol. The second-order valence-electron chi connectivity index (χ2n) is 7.10. The molecular formula is C21H23N3O2S2. The summed E-state index contributed by atoms with van der Waals surface area (Å²) in [5, 5.41) is 3.79. The van der Waals surface area contributed by atoms with Crippen molar-refractivity contribution in [2.75, 3.05) is 5.75 Å². The molecule has 0 radical (unpaired) electrons. The third kappa shape index (κ3) is 4.15. The molecule has 146 valence electrons. The van der Waals surface area contributed by atoms with Gasteiger partial charge >= 0.3 is 0 Å². The molecule has 0 aliphatic heterocycles. The standard InChI is InChI=1S/C21H23N3O2S2/c1-13(14-7-3-2-4-8-14)22-18(25)12-27-11-17-23-20(26)19-15-9-5-6-10-16(15)28-21(19)24-17/h2-4,7-8,13H,5-6,9-12H2,1H3,(H,22,25)(H,23,24,26). The molecule has 1 aliphatic rings. The molecule has 3 aromatic rings. The van der Waals surface area contributed by atoms with Crippen LogP contribution < -0.4 is 10.9 Å². The van der Waals surface area contributed by atoms with Crippen molar-refractivity contribution in [1.82, 2.24) is 15.3 Å². The van der Waals surface area contributed by atoms with Gasteiger partial charge in [0.15, 0.2) is 0 Å². The summed E-state index contributed by atoms with van der Waals surface area (Å²) in [6.07, 6.45) is 4.37. The summed E-state index contributed by atoms with van der Waals surface area (Å²) >= 11 is 3.12. The van der Waals surface area contributed by atoms with Crippen molar-refractivity contribution in [1.29, 1.82) is 0 Å². The van der Waals surface area contributed by atoms with Crippen LogP contribution in [0.4, 0.5) is 0 Å². The van der Waals surface area contributed by atoms with E-state index in [2.05, 4.69) is 15.3 Å². The van der Waals surface area contributed by atoms with Gasteiger partial charge < -0.3 is 10.3 Å². The number of thioether (sulfide) groups is 1. The van der Waals surface area contributed by atoms with Gasteiger partial charge in [0, 0.05) is 4.88 Å². The Kier molecular flexibility index (Phi) is 5.82. The summed E-state index contributed by atoms with van der Waals surface area (Å²) in [6, 6.07) is 9.87. The van der Waals surface area contributed by atoms with Gasteiger partial charge in [0.1, 0.15) is 10.7 Å². The van der Waals surface area contributed by atoms with E-state index in [1.54, 1.807) is 11.3 Å². The summed E-state index contributed by atoms with van der Waals surface area (Å²) in [6.45, 7) is 1.98. The molecule has 0 spiro atoms. The van der Waals surface area contributed by atoms with Crippen molar-refractivity contribution in [2.45, 2.75) is 44.4 Å². The number of aryl methyl sites for hydroxylation is 2. The molecule has 2 aromatic heterocycles. The molecule has 1 unspecified atom stereocenters. The highest BCUT2D eigenvalue weighted by Gasteiger charge is 2.19. The van der Waals surface area contributed by atoms with Crippen LogP contribution in [-0.2, 0) is 23.4 Å². The lowest BCUT2D eigenvalue weighted by atomic mass is 9.97. The van der Waals surface area contributed by atoms with Crippen LogP contribution in [0.5, 0.6) is 0 Å². The third-order valence-electron chi connectivity index (χ3n) is 5.02. The van der Waals surface area contributed by atoms with Gasteiger partial charge in [0.25, 0.3) is 5.56 Å². The lowest BCUT2D eigenvalue weighted by molar-refractivity contribution is -0.119. The Hall–Kier alpha value is -2.12. The molecule has 1 atom stereocenters. The molecule has 1 aliphatic carbocycles. The number of hydrogen-bond acceptors (Lipinski definition) is 5. The molecular weight excluding hydrogens is 390 g/mol. The largest absolute Gasteiger partial charge is 0.349 e. The first-order chi connectivity index (χ1) is 13.6. The van der Waals surface area contributed by atoms with E-state index in [-0.39, 0.29) is 17.5 Å². The molecule has 4 rings (SSSR count). The van der Waals surface area contributed by atoms with E-state index in [0.29, 0.717) is 17.3 Å². The SMILES string of the molecule is CC(NC(=O)CSCc1nc2sc3c(c2c(=O)[nH]1)CCCC3)c1ccccc1. The van der Waals surface area contributed by atoms with Crippen molar-refractivity contribution in [3.8, 4) is 0 Å². The fraction of sp³-hybridized carbons (Fsp3) is 0.381. The highest BCUT2D eigenvalue weighted by atomic mass is 32.2. The topological polar surface area (TPSA) is 74.8 Å². The average Bonchev–Trinajstić information content (AvgIpc) is 3.07. The monoisotopic (exact) mass is 413 g/mol. The number of fused-ring (bicyclic) bond motifs is 3. The molecule has 1 aromatic carbocycles. The summed E-state index contributed by atoms with van der Waals surface area (Å²) in [5.41, 5.74) is 2.24. The molecule has 0 saturated carbocycles. The maximum absolute atomic E-state index is 12.6. The van der Waals surface area contributed by atoms with E-state index < -0.39 is 0 Å². The highest BCUT2D eigenvalue weighted by Crippen LogP contribution is 2.33. The Morgan fingerprint density at radius 2 is 2.07 bits per heavy atom. The van der Waals surface area contributed by atoms with Crippen molar-refractivity contribution >= 4 is 39.2 Å². The maximum atomic E-state index is 12.6. The van der Waals surface area contributed by atoms with Crippen molar-refractivity contribution in [2.24, 2.45) is 0 Å². The van der Waals surface area contributed by atoms with Gasteiger partial charge in [0.2, 0.25) is 5.91 Å². The summed E-state index contributed by atoms with van der Waals surface area (Å²) in [7, 11) is 0. The summed E-state index contributed by atoms with van der Waals surface area (Å²) in [4.78, 5) is 34.5. The van der Waals surface area contributed by atoms with E-state index in [1.165, 1.54) is 28.6 Å². The van der Waals surface area contributed by atoms with Gasteiger partial charge in [-0.15, -0.1) is 23.1 Å². The number of amides is 1. The van der Waals surface area contributed by atoms with Gasteiger partial charge in [-0.2, -0.15) is 0 Å². The zero-order valence-electron chi connectivity index (χ0n) is 15.8. The van der Waals surface area contributed by atoms with Gasteiger partial charge in [-0.25, -0.2) is 4.98 Å². The molecule has 28 heavy (non-hydrogen) atoms. The first-order valence-corrected chi connectivity index (χ1v) is 11.5. The summed E-state index contributed by atoms with van der Waals surface area (Å²) in [5.74, 6) is 1.47. The third-order valence-corrected chi connectivity index (χ3v) is 7.15. The number of benzene rings is 1. The molecule has 2 heterocycles. The molecule has 0 bridgehead atoms. The van der Waals surface area contributed by atoms with Crippen LogP contribution in [0.3, 0.4) is 0 Å². The Morgan fingerprint density at radius 1 is 1.29 bits per heavy atom. The molecule has 0 fully saturated rings. The zero-order valence-corrected chi connectivity index (χ0v) is 17.4. The lowest BCUT2D eigenvalue weighted by Crippen LogP contribution is -2.28. The second kappa shape index (κ2) is 8.49. The molecule has 0 saturated heterocycles. The van der Waals surface area contributed by atoms with Gasteiger partial charge in [0.05, 0.1) is 22.9 Å². The van der Waals surface area contributed by atoms with Gasteiger partial charge in [-0.05, 0) is 43.7 Å². The van der Waals surface area contributed by atoms with E-state index in [9.17, 15) is 9.59 Å². The fourth-order valence-corrected chi connectivity index (χ4v) is 5.61. The van der Waals surface area contributed by atoms with Crippen LogP contribution in [0.25, 0.3) is 10.2 Å². The lowest BCUT2D eigenvalue weighted by Gasteiger charge is -2.14. The first kappa shape index (κ1) is 19.2. The number of hydrogen-bond donors (Lipinski definition) is 2. The number of carbonyl (C=O) groups excluding carboxylic acids is 1. The summed E-state index contributed by atoms with van der Waals surface area (Å²) < 4.78 is 0. The predicted molar refractivity (Wildman–Crippen MR) is 116 cm³/mol. The van der Waals surface area contributed by atoms with Gasteiger partial charge in [-0.1, -0.05) is 30.3 Å². The number of aromatic amines is 1. The smallest absolute Gasteiger partial charge is 0.259 e. The number of carbonyl (C=O) groups is 1. The number of thiophene rings is 1. The van der Waals surface area contributed by atoms with E-state index in [1.807, 2.05) is 37.3 Å². The second-order valence-corrected chi connectivity index (χ2v) is 9.17. The highest BCUT2D eigenvalue weighted by molar-refractivity contribution is 7.99. The van der Waals surface area contributed by atoms with Crippen LogP contribution >= 0.6 is 23.1 Å². The van der Waals surface area contributed by atoms with Crippen molar-refractivity contribution in [3.63, 3.8) is 0 Å². The van der Waals surface area contributed by atoms with Crippen molar-refractivity contribution in [3.05, 3.63) is 62.5 Å². The van der Waals surface area contributed by atoms with Crippen LogP contribution in [-0.4, -0.2) is 21.6 Å². The molecule has 5 nitrogen and oxygen atoms in total. The number of aromatic nitrogens is 2. The quantitative estimate of drug-likeness (QED) is 0.641. The number of nitrogens with one attached hydrogen (secondary N) is 2. The minimum atomic E-state index is -0.0397. The normalized spacial score (nSPS) is 14.6. The molecule has 1 amide bonds. The number of H-pyrrole nitrogens is 1.